The Morgan fingerprint density at radius 1 is 0.967 bits per heavy atom. The zero-order valence-corrected chi connectivity index (χ0v) is 16.3. The minimum atomic E-state index is -0.419. The fourth-order valence-corrected chi connectivity index (χ4v) is 3.47. The van der Waals surface area contributed by atoms with Gasteiger partial charge in [0.05, 0.1) is 0 Å². The van der Waals surface area contributed by atoms with Crippen LogP contribution < -0.4 is 10.1 Å². The van der Waals surface area contributed by atoms with E-state index < -0.39 is 5.82 Å². The molecule has 0 spiro atoms. The number of nitrogens with one attached hydrogen (secondary N) is 1. The molecular formula is C24H21FN2O3. The van der Waals surface area contributed by atoms with Gasteiger partial charge in [-0.25, -0.2) is 4.39 Å². The Morgan fingerprint density at radius 3 is 2.60 bits per heavy atom. The van der Waals surface area contributed by atoms with Crippen molar-refractivity contribution in [3.63, 3.8) is 0 Å². The summed E-state index contributed by atoms with van der Waals surface area (Å²) < 4.78 is 18.5. The Kier molecular flexibility index (Phi) is 5.75. The van der Waals surface area contributed by atoms with Crippen LogP contribution in [0.1, 0.15) is 21.5 Å². The van der Waals surface area contributed by atoms with E-state index in [1.54, 1.807) is 6.07 Å². The summed E-state index contributed by atoms with van der Waals surface area (Å²) in [5, 5.41) is 2.79. The smallest absolute Gasteiger partial charge is 0.262 e. The van der Waals surface area contributed by atoms with Crippen molar-refractivity contribution in [2.75, 3.05) is 18.5 Å². The van der Waals surface area contributed by atoms with Crippen molar-refractivity contribution in [3.8, 4) is 5.75 Å². The van der Waals surface area contributed by atoms with Gasteiger partial charge in [0, 0.05) is 30.4 Å². The maximum Gasteiger partial charge on any atom is 0.262 e. The van der Waals surface area contributed by atoms with Crippen LogP contribution in [-0.2, 0) is 17.8 Å². The van der Waals surface area contributed by atoms with E-state index in [1.165, 1.54) is 23.8 Å². The summed E-state index contributed by atoms with van der Waals surface area (Å²) in [4.78, 5) is 26.7. The van der Waals surface area contributed by atoms with Gasteiger partial charge in [-0.3, -0.25) is 9.59 Å². The first kappa shape index (κ1) is 19.6. The standard InChI is InChI=1S/C24H21FN2O3/c25-20-7-4-8-22(14-20)30-16-23(28)26-21-10-9-17-11-12-27(15-19(17)13-21)24(29)18-5-2-1-3-6-18/h1-10,13-14H,11-12,15-16H2,(H,26,28). The van der Waals surface area contributed by atoms with Crippen LogP contribution in [0, 0.1) is 5.82 Å². The quantitative estimate of drug-likeness (QED) is 0.698. The fourth-order valence-electron chi connectivity index (χ4n) is 3.47. The molecular weight excluding hydrogens is 383 g/mol. The largest absolute Gasteiger partial charge is 0.484 e. The predicted octanol–water partition coefficient (Wildman–Crippen LogP) is 4.04. The Morgan fingerprint density at radius 2 is 1.80 bits per heavy atom. The minimum Gasteiger partial charge on any atom is -0.484 e. The van der Waals surface area contributed by atoms with Crippen molar-refractivity contribution in [1.29, 1.82) is 0 Å². The molecule has 0 bridgehead atoms. The number of ether oxygens (including phenoxy) is 1. The normalized spacial score (nSPS) is 12.8. The second kappa shape index (κ2) is 8.78. The highest BCUT2D eigenvalue weighted by Gasteiger charge is 2.22. The molecule has 5 nitrogen and oxygen atoms in total. The molecule has 0 aliphatic carbocycles. The first-order chi connectivity index (χ1) is 14.6. The maximum absolute atomic E-state index is 13.2. The third kappa shape index (κ3) is 4.66. The predicted molar refractivity (Wildman–Crippen MR) is 112 cm³/mol. The maximum atomic E-state index is 13.2. The summed E-state index contributed by atoms with van der Waals surface area (Å²) in [5.41, 5.74) is 3.48. The van der Waals surface area contributed by atoms with Gasteiger partial charge >= 0.3 is 0 Å². The lowest BCUT2D eigenvalue weighted by molar-refractivity contribution is -0.118. The average molecular weight is 404 g/mol. The van der Waals surface area contributed by atoms with E-state index in [9.17, 15) is 14.0 Å². The summed E-state index contributed by atoms with van der Waals surface area (Å²) in [5.74, 6) is -0.464. The van der Waals surface area contributed by atoms with Crippen LogP contribution in [0.25, 0.3) is 0 Å². The summed E-state index contributed by atoms with van der Waals surface area (Å²) in [6, 6.07) is 20.6. The van der Waals surface area contributed by atoms with Crippen LogP contribution in [0.15, 0.2) is 72.8 Å². The average Bonchev–Trinajstić information content (AvgIpc) is 2.77. The first-order valence-corrected chi connectivity index (χ1v) is 9.73. The number of hydrogen-bond donors (Lipinski definition) is 1. The number of carbonyl (C=O) groups is 2. The second-order valence-electron chi connectivity index (χ2n) is 7.12. The Labute approximate surface area is 174 Å². The summed E-state index contributed by atoms with van der Waals surface area (Å²) in [6.07, 6.45) is 0.769. The molecule has 2 amide bonds. The number of halogens is 1. The highest BCUT2D eigenvalue weighted by atomic mass is 19.1. The molecule has 1 N–H and O–H groups in total. The van der Waals surface area contributed by atoms with Crippen molar-refractivity contribution in [2.45, 2.75) is 13.0 Å². The Balaban J connectivity index is 1.39. The van der Waals surface area contributed by atoms with E-state index in [0.717, 1.165) is 12.0 Å². The number of carbonyl (C=O) groups excluding carboxylic acids is 2. The van der Waals surface area contributed by atoms with Gasteiger partial charge < -0.3 is 15.0 Å². The summed E-state index contributed by atoms with van der Waals surface area (Å²) in [7, 11) is 0. The van der Waals surface area contributed by atoms with E-state index in [-0.39, 0.29) is 18.4 Å². The van der Waals surface area contributed by atoms with Crippen LogP contribution in [0.3, 0.4) is 0 Å². The lowest BCUT2D eigenvalue weighted by Crippen LogP contribution is -2.36. The topological polar surface area (TPSA) is 58.6 Å². The van der Waals surface area contributed by atoms with Gasteiger partial charge in [-0.2, -0.15) is 0 Å². The van der Waals surface area contributed by atoms with E-state index in [2.05, 4.69) is 5.32 Å². The number of benzene rings is 3. The number of amides is 2. The summed E-state index contributed by atoms with van der Waals surface area (Å²) in [6.45, 7) is 0.930. The molecule has 0 saturated carbocycles. The number of hydrogen-bond acceptors (Lipinski definition) is 3. The molecule has 0 saturated heterocycles. The zero-order chi connectivity index (χ0) is 20.9. The molecule has 0 fully saturated rings. The van der Waals surface area contributed by atoms with E-state index in [4.69, 9.17) is 4.74 Å². The van der Waals surface area contributed by atoms with E-state index >= 15 is 0 Å². The van der Waals surface area contributed by atoms with Crippen LogP contribution in [0.5, 0.6) is 5.75 Å². The second-order valence-corrected chi connectivity index (χ2v) is 7.12. The zero-order valence-electron chi connectivity index (χ0n) is 16.3. The molecule has 3 aromatic carbocycles. The lowest BCUT2D eigenvalue weighted by atomic mass is 9.98. The molecule has 0 radical (unpaired) electrons. The Hall–Kier alpha value is -3.67. The molecule has 1 aliphatic rings. The highest BCUT2D eigenvalue weighted by Crippen LogP contribution is 2.24. The van der Waals surface area contributed by atoms with Gasteiger partial charge in [0.25, 0.3) is 11.8 Å². The summed E-state index contributed by atoms with van der Waals surface area (Å²) >= 11 is 0. The highest BCUT2D eigenvalue weighted by molar-refractivity contribution is 5.94. The van der Waals surface area contributed by atoms with E-state index in [0.29, 0.717) is 30.1 Å². The number of nitrogens with zero attached hydrogens (tertiary/aromatic N) is 1. The van der Waals surface area contributed by atoms with Crippen molar-refractivity contribution >= 4 is 17.5 Å². The van der Waals surface area contributed by atoms with Crippen LogP contribution >= 0.6 is 0 Å². The van der Waals surface area contributed by atoms with Gasteiger partial charge in [-0.05, 0) is 53.9 Å². The van der Waals surface area contributed by atoms with Gasteiger partial charge in [0.1, 0.15) is 11.6 Å². The van der Waals surface area contributed by atoms with Crippen LogP contribution in [-0.4, -0.2) is 29.9 Å². The third-order valence-corrected chi connectivity index (χ3v) is 4.98. The minimum absolute atomic E-state index is 0.000757. The SMILES string of the molecule is O=C(COc1cccc(F)c1)Nc1ccc2c(c1)CN(C(=O)c1ccccc1)CC2. The van der Waals surface area contributed by atoms with Gasteiger partial charge in [-0.1, -0.05) is 30.3 Å². The van der Waals surface area contributed by atoms with Crippen molar-refractivity contribution in [1.82, 2.24) is 4.90 Å². The Bertz CT molecular complexity index is 1070. The van der Waals surface area contributed by atoms with Crippen molar-refractivity contribution in [2.24, 2.45) is 0 Å². The van der Waals surface area contributed by atoms with Crippen LogP contribution in [0.2, 0.25) is 0 Å². The van der Waals surface area contributed by atoms with Crippen molar-refractivity contribution in [3.05, 3.63) is 95.3 Å². The molecule has 0 atom stereocenters. The van der Waals surface area contributed by atoms with Gasteiger partial charge in [-0.15, -0.1) is 0 Å². The monoisotopic (exact) mass is 404 g/mol. The molecule has 0 aromatic heterocycles. The number of fused-ring (bicyclic) bond motifs is 1. The van der Waals surface area contributed by atoms with E-state index in [1.807, 2.05) is 53.4 Å². The van der Waals surface area contributed by atoms with Crippen molar-refractivity contribution < 1.29 is 18.7 Å². The lowest BCUT2D eigenvalue weighted by Gasteiger charge is -2.29. The van der Waals surface area contributed by atoms with Crippen LogP contribution in [0.4, 0.5) is 10.1 Å². The molecule has 3 aromatic rings. The number of rotatable bonds is 5. The molecule has 6 heteroatoms. The van der Waals surface area contributed by atoms with Gasteiger partial charge in [0.2, 0.25) is 0 Å². The molecule has 4 rings (SSSR count). The molecule has 30 heavy (non-hydrogen) atoms. The molecule has 152 valence electrons. The first-order valence-electron chi connectivity index (χ1n) is 9.73. The van der Waals surface area contributed by atoms with Gasteiger partial charge in [0.15, 0.2) is 6.61 Å². The fraction of sp³-hybridized carbons (Fsp3) is 0.167. The molecule has 1 heterocycles. The third-order valence-electron chi connectivity index (χ3n) is 4.98. The molecule has 0 unspecified atom stereocenters. The number of anilines is 1. The molecule has 1 aliphatic heterocycles.